The van der Waals surface area contributed by atoms with Crippen molar-refractivity contribution in [3.63, 3.8) is 0 Å². The molecule has 6 aliphatic carbocycles. The summed E-state index contributed by atoms with van der Waals surface area (Å²) in [6.07, 6.45) is 14.7. The highest BCUT2D eigenvalue weighted by Gasteiger charge is 2.86. The SMILES string of the molecule is CCOC(=O)c1cn(C(=O)OC(C)(C)C)nc1OCCC1C2(CC2)C12CC2.CS(=O)(=O)OCCC1C2(CC2)C12CC2. The molecule has 0 unspecified atom stereocenters. The molecule has 6 aliphatic rings. The van der Waals surface area contributed by atoms with E-state index in [9.17, 15) is 18.0 Å². The van der Waals surface area contributed by atoms with E-state index >= 15 is 0 Å². The van der Waals surface area contributed by atoms with Gasteiger partial charge in [-0.05, 0) is 125 Å². The van der Waals surface area contributed by atoms with Crippen LogP contribution in [0.2, 0.25) is 0 Å². The van der Waals surface area contributed by atoms with E-state index in [1.807, 2.05) is 0 Å². The molecule has 1 heterocycles. The van der Waals surface area contributed by atoms with Crippen molar-refractivity contribution in [3.8, 4) is 5.88 Å². The Hall–Kier alpha value is -2.14. The average molecular weight is 593 g/mol. The zero-order chi connectivity index (χ0) is 29.5. The molecule has 6 saturated carbocycles. The zero-order valence-electron chi connectivity index (χ0n) is 25.0. The fourth-order valence-electron chi connectivity index (χ4n) is 8.52. The summed E-state index contributed by atoms with van der Waals surface area (Å²) in [5.41, 5.74) is 2.09. The molecule has 0 amide bonds. The average Bonchev–Trinajstić information content (AvgIpc) is 3.67. The summed E-state index contributed by atoms with van der Waals surface area (Å²) >= 11 is 0. The maximum absolute atomic E-state index is 12.3. The van der Waals surface area contributed by atoms with Crippen LogP contribution in [0.1, 0.15) is 102 Å². The Balaban J connectivity index is 0.000000180. The number of nitrogens with zero attached hydrogens (tertiary/aromatic N) is 2. The summed E-state index contributed by atoms with van der Waals surface area (Å²) in [6.45, 7) is 8.18. The number of rotatable bonds is 10. The highest BCUT2D eigenvalue weighted by Crippen LogP contribution is 2.93. The number of esters is 1. The van der Waals surface area contributed by atoms with E-state index in [-0.39, 0.29) is 18.1 Å². The van der Waals surface area contributed by atoms with Gasteiger partial charge in [-0.15, -0.1) is 5.10 Å². The molecule has 1 aromatic heterocycles. The van der Waals surface area contributed by atoms with Gasteiger partial charge >= 0.3 is 12.1 Å². The van der Waals surface area contributed by atoms with Crippen molar-refractivity contribution in [2.45, 2.75) is 97.5 Å². The lowest BCUT2D eigenvalue weighted by Gasteiger charge is -2.18. The van der Waals surface area contributed by atoms with Crippen LogP contribution in [0.15, 0.2) is 6.20 Å². The summed E-state index contributed by atoms with van der Waals surface area (Å²) in [5.74, 6) is 1.13. The summed E-state index contributed by atoms with van der Waals surface area (Å²) in [7, 11) is -3.23. The Morgan fingerprint density at radius 1 is 0.927 bits per heavy atom. The molecule has 228 valence electrons. The van der Waals surface area contributed by atoms with E-state index in [0.29, 0.717) is 34.9 Å². The van der Waals surface area contributed by atoms with Crippen LogP contribution in [0.25, 0.3) is 0 Å². The van der Waals surface area contributed by atoms with E-state index in [1.54, 1.807) is 27.7 Å². The number of ether oxygens (including phenoxy) is 3. The fraction of sp³-hybridized carbons (Fsp3) is 0.833. The van der Waals surface area contributed by atoms with Gasteiger partial charge in [0.2, 0.25) is 5.88 Å². The van der Waals surface area contributed by atoms with Gasteiger partial charge in [-0.3, -0.25) is 4.18 Å². The Bertz CT molecular complexity index is 1290. The minimum atomic E-state index is -3.23. The van der Waals surface area contributed by atoms with Gasteiger partial charge in [-0.25, -0.2) is 9.59 Å². The number of carbonyl (C=O) groups is 2. The molecule has 0 bridgehead atoms. The molecule has 10 nitrogen and oxygen atoms in total. The van der Waals surface area contributed by atoms with Crippen LogP contribution in [0.4, 0.5) is 4.79 Å². The fourth-order valence-corrected chi connectivity index (χ4v) is 8.92. The minimum absolute atomic E-state index is 0.134. The molecule has 7 rings (SSSR count). The Kier molecular flexibility index (Phi) is 6.66. The molecular formula is C30H44N2O8S. The highest BCUT2D eigenvalue weighted by atomic mass is 32.2. The van der Waals surface area contributed by atoms with Crippen molar-refractivity contribution in [1.29, 1.82) is 0 Å². The van der Waals surface area contributed by atoms with E-state index in [1.165, 1.54) is 57.6 Å². The Morgan fingerprint density at radius 3 is 1.83 bits per heavy atom. The van der Waals surface area contributed by atoms with Crippen molar-refractivity contribution >= 4 is 22.2 Å². The first kappa shape index (κ1) is 29.0. The van der Waals surface area contributed by atoms with Gasteiger partial charge in [0.25, 0.3) is 10.1 Å². The minimum Gasteiger partial charge on any atom is -0.476 e. The molecule has 0 N–H and O–H groups in total. The van der Waals surface area contributed by atoms with E-state index in [2.05, 4.69) is 5.10 Å². The van der Waals surface area contributed by atoms with Crippen LogP contribution in [0, 0.1) is 33.5 Å². The molecule has 1 aromatic rings. The van der Waals surface area contributed by atoms with Crippen molar-refractivity contribution in [2.75, 3.05) is 26.1 Å². The number of aromatic nitrogens is 2. The van der Waals surface area contributed by atoms with Crippen molar-refractivity contribution in [2.24, 2.45) is 33.5 Å². The van der Waals surface area contributed by atoms with Gasteiger partial charge in [-0.1, -0.05) is 0 Å². The second kappa shape index (κ2) is 9.43. The highest BCUT2D eigenvalue weighted by molar-refractivity contribution is 7.85. The van der Waals surface area contributed by atoms with Crippen molar-refractivity contribution in [1.82, 2.24) is 9.78 Å². The van der Waals surface area contributed by atoms with Gasteiger partial charge < -0.3 is 14.2 Å². The molecule has 0 radical (unpaired) electrons. The molecule has 0 aromatic carbocycles. The summed E-state index contributed by atoms with van der Waals surface area (Å²) in [6, 6.07) is 0. The number of fused-ring (bicyclic) bond motifs is 2. The third-order valence-electron chi connectivity index (χ3n) is 10.7. The molecule has 6 fully saturated rings. The molecular weight excluding hydrogens is 548 g/mol. The van der Waals surface area contributed by atoms with Gasteiger partial charge in [0, 0.05) is 0 Å². The van der Waals surface area contributed by atoms with Crippen LogP contribution in [0.3, 0.4) is 0 Å². The predicted molar refractivity (Wildman–Crippen MR) is 149 cm³/mol. The normalized spacial score (nSPS) is 25.8. The van der Waals surface area contributed by atoms with E-state index in [0.717, 1.165) is 35.6 Å². The quantitative estimate of drug-likeness (QED) is 0.261. The topological polar surface area (TPSA) is 123 Å². The molecule has 0 saturated heterocycles. The summed E-state index contributed by atoms with van der Waals surface area (Å²) < 4.78 is 43.5. The maximum Gasteiger partial charge on any atom is 0.435 e. The monoisotopic (exact) mass is 592 g/mol. The number of hydrogen-bond acceptors (Lipinski definition) is 9. The van der Waals surface area contributed by atoms with Gasteiger partial charge in [-0.2, -0.15) is 13.1 Å². The first-order valence-electron chi connectivity index (χ1n) is 15.2. The number of carbonyl (C=O) groups excluding carboxylic acids is 2. The lowest BCUT2D eigenvalue weighted by molar-refractivity contribution is 0.0511. The van der Waals surface area contributed by atoms with Crippen LogP contribution in [-0.2, 0) is 23.8 Å². The summed E-state index contributed by atoms with van der Waals surface area (Å²) in [4.78, 5) is 24.5. The van der Waals surface area contributed by atoms with Crippen LogP contribution in [0.5, 0.6) is 5.88 Å². The molecule has 41 heavy (non-hydrogen) atoms. The van der Waals surface area contributed by atoms with Crippen LogP contribution < -0.4 is 4.74 Å². The lowest BCUT2D eigenvalue weighted by Crippen LogP contribution is -2.27. The summed E-state index contributed by atoms with van der Waals surface area (Å²) in [5, 5.41) is 4.14. The Labute approximate surface area is 242 Å². The van der Waals surface area contributed by atoms with Crippen molar-refractivity contribution in [3.05, 3.63) is 11.8 Å². The smallest absolute Gasteiger partial charge is 0.435 e. The van der Waals surface area contributed by atoms with Gasteiger partial charge in [0.1, 0.15) is 11.2 Å². The predicted octanol–water partition coefficient (Wildman–Crippen LogP) is 5.35. The molecule has 0 atom stereocenters. The Morgan fingerprint density at radius 2 is 1.41 bits per heavy atom. The van der Waals surface area contributed by atoms with Gasteiger partial charge in [0.05, 0.1) is 32.3 Å². The third-order valence-corrected chi connectivity index (χ3v) is 11.3. The third kappa shape index (κ3) is 5.19. The van der Waals surface area contributed by atoms with Crippen molar-refractivity contribution < 1.29 is 36.4 Å². The first-order chi connectivity index (χ1) is 19.2. The lowest BCUT2D eigenvalue weighted by atomic mass is 10.2. The standard InChI is InChI=1S/C20H28N2O5.C10H16O3S/c1-5-25-16(23)13-12-22(17(24)27-18(2,3)4)21-15(13)26-11-6-14-19(7-8-19)20(14)9-10-20;1-14(11,12)13-7-2-8-9(3-4-9)10(8)5-6-10/h12,14H,5-11H2,1-4H3;8H,2-7H2,1H3. The van der Waals surface area contributed by atoms with Crippen LogP contribution >= 0.6 is 0 Å². The molecule has 4 spiro atoms. The van der Waals surface area contributed by atoms with Crippen LogP contribution in [-0.4, -0.2) is 61.9 Å². The van der Waals surface area contributed by atoms with E-state index < -0.39 is 27.8 Å². The second-order valence-corrected chi connectivity index (χ2v) is 15.8. The first-order valence-corrected chi connectivity index (χ1v) is 17.0. The molecule has 0 aliphatic heterocycles. The largest absolute Gasteiger partial charge is 0.476 e. The second-order valence-electron chi connectivity index (χ2n) is 14.2. The van der Waals surface area contributed by atoms with E-state index in [4.69, 9.17) is 18.4 Å². The van der Waals surface area contributed by atoms with Gasteiger partial charge in [0.15, 0.2) is 0 Å². The number of hydrogen-bond donors (Lipinski definition) is 0. The zero-order valence-corrected chi connectivity index (χ0v) is 25.8. The maximum atomic E-state index is 12.3. The molecule has 11 heteroatoms.